The molecule has 1 fully saturated rings. The Morgan fingerprint density at radius 2 is 2.10 bits per heavy atom. The van der Waals surface area contributed by atoms with Gasteiger partial charge in [0.25, 0.3) is 0 Å². The molecule has 0 radical (unpaired) electrons. The van der Waals surface area contributed by atoms with Crippen LogP contribution in [0.25, 0.3) is 0 Å². The number of carbonyl (C=O) groups is 1. The molecule has 0 aliphatic carbocycles. The van der Waals surface area contributed by atoms with Crippen LogP contribution in [0.4, 0.5) is 0 Å². The van der Waals surface area contributed by atoms with E-state index in [4.69, 9.17) is 4.74 Å². The third kappa shape index (κ3) is 5.79. The zero-order chi connectivity index (χ0) is 14.9. The van der Waals surface area contributed by atoms with Gasteiger partial charge in [0.05, 0.1) is 6.10 Å². The first kappa shape index (κ1) is 16.5. The van der Waals surface area contributed by atoms with Gasteiger partial charge in [-0.3, -0.25) is 4.79 Å². The highest BCUT2D eigenvalue weighted by molar-refractivity contribution is 9.09. The fourth-order valence-electron chi connectivity index (χ4n) is 2.68. The monoisotopic (exact) mass is 353 g/mol. The van der Waals surface area contributed by atoms with Gasteiger partial charge in [0.1, 0.15) is 0 Å². The van der Waals surface area contributed by atoms with Crippen LogP contribution in [0.3, 0.4) is 0 Å². The lowest BCUT2D eigenvalue weighted by atomic mass is 10.0. The number of carbonyl (C=O) groups excluding carboxylic acids is 1. The Morgan fingerprint density at radius 1 is 1.29 bits per heavy atom. The van der Waals surface area contributed by atoms with E-state index in [1.807, 2.05) is 23.1 Å². The summed E-state index contributed by atoms with van der Waals surface area (Å²) in [6, 6.07) is 10.2. The Morgan fingerprint density at radius 3 is 2.76 bits per heavy atom. The molecule has 0 saturated carbocycles. The Balaban J connectivity index is 1.83. The predicted octanol–water partition coefficient (Wildman–Crippen LogP) is 3.76. The summed E-state index contributed by atoms with van der Waals surface area (Å²) in [4.78, 5) is 14.4. The van der Waals surface area contributed by atoms with Crippen LogP contribution in [0, 0.1) is 0 Å². The van der Waals surface area contributed by atoms with E-state index in [9.17, 15) is 4.79 Å². The SMILES string of the molecule is O=C(CCC1CCCCO1)N(CCBr)Cc1ccccc1. The van der Waals surface area contributed by atoms with E-state index >= 15 is 0 Å². The summed E-state index contributed by atoms with van der Waals surface area (Å²) < 4.78 is 5.71. The summed E-state index contributed by atoms with van der Waals surface area (Å²) in [5.74, 6) is 0.229. The van der Waals surface area contributed by atoms with E-state index in [-0.39, 0.29) is 12.0 Å². The number of hydrogen-bond acceptors (Lipinski definition) is 2. The van der Waals surface area contributed by atoms with Gasteiger partial charge in [-0.25, -0.2) is 0 Å². The molecule has 1 unspecified atom stereocenters. The zero-order valence-corrected chi connectivity index (χ0v) is 14.1. The topological polar surface area (TPSA) is 29.5 Å². The molecule has 116 valence electrons. The van der Waals surface area contributed by atoms with Gasteiger partial charge in [-0.05, 0) is 31.2 Å². The molecule has 1 saturated heterocycles. The van der Waals surface area contributed by atoms with Crippen LogP contribution in [0.1, 0.15) is 37.7 Å². The molecule has 1 amide bonds. The molecule has 0 N–H and O–H groups in total. The van der Waals surface area contributed by atoms with Crippen LogP contribution in [-0.4, -0.2) is 35.4 Å². The molecule has 1 heterocycles. The fourth-order valence-corrected chi connectivity index (χ4v) is 3.10. The van der Waals surface area contributed by atoms with Crippen molar-refractivity contribution in [3.8, 4) is 0 Å². The van der Waals surface area contributed by atoms with Crippen LogP contribution >= 0.6 is 15.9 Å². The quantitative estimate of drug-likeness (QED) is 0.698. The highest BCUT2D eigenvalue weighted by atomic mass is 79.9. The van der Waals surface area contributed by atoms with Crippen LogP contribution in [0.2, 0.25) is 0 Å². The van der Waals surface area contributed by atoms with E-state index in [1.54, 1.807) is 0 Å². The number of rotatable bonds is 7. The Bertz CT molecular complexity index is 418. The number of halogens is 1. The van der Waals surface area contributed by atoms with E-state index in [1.165, 1.54) is 12.0 Å². The average molecular weight is 354 g/mol. The van der Waals surface area contributed by atoms with Gasteiger partial charge in [-0.1, -0.05) is 46.3 Å². The van der Waals surface area contributed by atoms with E-state index in [0.29, 0.717) is 13.0 Å². The summed E-state index contributed by atoms with van der Waals surface area (Å²) >= 11 is 3.44. The molecule has 21 heavy (non-hydrogen) atoms. The minimum atomic E-state index is 0.229. The summed E-state index contributed by atoms with van der Waals surface area (Å²) in [5, 5.41) is 0.811. The number of amides is 1. The molecule has 0 bridgehead atoms. The molecular formula is C17H24BrNO2. The van der Waals surface area contributed by atoms with Crippen molar-refractivity contribution in [3.63, 3.8) is 0 Å². The number of hydrogen-bond donors (Lipinski definition) is 0. The van der Waals surface area contributed by atoms with Gasteiger partial charge in [0.2, 0.25) is 5.91 Å². The summed E-state index contributed by atoms with van der Waals surface area (Å²) in [7, 11) is 0. The highest BCUT2D eigenvalue weighted by Crippen LogP contribution is 2.18. The van der Waals surface area contributed by atoms with Crippen molar-refractivity contribution in [2.45, 2.75) is 44.8 Å². The lowest BCUT2D eigenvalue weighted by molar-refractivity contribution is -0.132. The summed E-state index contributed by atoms with van der Waals surface area (Å²) in [6.45, 7) is 2.30. The second-order valence-electron chi connectivity index (χ2n) is 5.52. The minimum absolute atomic E-state index is 0.229. The molecule has 0 spiro atoms. The second-order valence-corrected chi connectivity index (χ2v) is 6.31. The molecular weight excluding hydrogens is 330 g/mol. The molecule has 1 aliphatic rings. The summed E-state index contributed by atoms with van der Waals surface area (Å²) in [5.41, 5.74) is 1.18. The van der Waals surface area contributed by atoms with Crippen molar-refractivity contribution < 1.29 is 9.53 Å². The number of nitrogens with zero attached hydrogens (tertiary/aromatic N) is 1. The molecule has 2 rings (SSSR count). The Labute approximate surface area is 135 Å². The maximum atomic E-state index is 12.4. The fraction of sp³-hybridized carbons (Fsp3) is 0.588. The van der Waals surface area contributed by atoms with Crippen molar-refractivity contribution in [1.82, 2.24) is 4.90 Å². The van der Waals surface area contributed by atoms with E-state index in [0.717, 1.165) is 37.7 Å². The molecule has 4 heteroatoms. The summed E-state index contributed by atoms with van der Waals surface area (Å²) in [6.07, 6.45) is 5.22. The molecule has 3 nitrogen and oxygen atoms in total. The second kappa shape index (κ2) is 9.21. The van der Waals surface area contributed by atoms with Crippen molar-refractivity contribution in [1.29, 1.82) is 0 Å². The van der Waals surface area contributed by atoms with Crippen LogP contribution in [-0.2, 0) is 16.1 Å². The highest BCUT2D eigenvalue weighted by Gasteiger charge is 2.18. The first-order valence-corrected chi connectivity index (χ1v) is 8.91. The molecule has 1 atom stereocenters. The van der Waals surface area contributed by atoms with Crippen LogP contribution in [0.5, 0.6) is 0 Å². The number of ether oxygens (including phenoxy) is 1. The third-order valence-corrected chi connectivity index (χ3v) is 4.23. The zero-order valence-electron chi connectivity index (χ0n) is 12.5. The van der Waals surface area contributed by atoms with Gasteiger partial charge in [0.15, 0.2) is 0 Å². The van der Waals surface area contributed by atoms with Gasteiger partial charge in [-0.2, -0.15) is 0 Å². The normalized spacial score (nSPS) is 18.4. The largest absolute Gasteiger partial charge is 0.378 e. The predicted molar refractivity (Wildman–Crippen MR) is 88.5 cm³/mol. The first-order valence-electron chi connectivity index (χ1n) is 7.79. The van der Waals surface area contributed by atoms with Gasteiger partial charge in [0, 0.05) is 31.4 Å². The molecule has 1 aromatic rings. The molecule has 1 aliphatic heterocycles. The smallest absolute Gasteiger partial charge is 0.222 e. The molecule has 0 aromatic heterocycles. The van der Waals surface area contributed by atoms with E-state index in [2.05, 4.69) is 28.1 Å². The molecule has 1 aromatic carbocycles. The standard InChI is InChI=1S/C17H24BrNO2/c18-11-12-19(14-15-6-2-1-3-7-15)17(20)10-9-16-8-4-5-13-21-16/h1-3,6-7,16H,4-5,8-14H2. The van der Waals surface area contributed by atoms with Gasteiger partial charge < -0.3 is 9.64 Å². The lowest BCUT2D eigenvalue weighted by Gasteiger charge is -2.25. The Hall–Kier alpha value is -0.870. The van der Waals surface area contributed by atoms with Crippen molar-refractivity contribution in [2.75, 3.05) is 18.5 Å². The average Bonchev–Trinajstić information content (AvgIpc) is 2.54. The number of benzene rings is 1. The lowest BCUT2D eigenvalue weighted by Crippen LogP contribution is -2.33. The Kier molecular flexibility index (Phi) is 7.24. The maximum absolute atomic E-state index is 12.4. The minimum Gasteiger partial charge on any atom is -0.378 e. The number of alkyl halides is 1. The first-order chi connectivity index (χ1) is 10.3. The van der Waals surface area contributed by atoms with Crippen LogP contribution < -0.4 is 0 Å². The van der Waals surface area contributed by atoms with Crippen molar-refractivity contribution in [3.05, 3.63) is 35.9 Å². The van der Waals surface area contributed by atoms with Gasteiger partial charge >= 0.3 is 0 Å². The third-order valence-electron chi connectivity index (χ3n) is 3.88. The maximum Gasteiger partial charge on any atom is 0.222 e. The van der Waals surface area contributed by atoms with E-state index < -0.39 is 0 Å². The van der Waals surface area contributed by atoms with Crippen molar-refractivity contribution >= 4 is 21.8 Å². The van der Waals surface area contributed by atoms with Crippen LogP contribution in [0.15, 0.2) is 30.3 Å². The van der Waals surface area contributed by atoms with Crippen molar-refractivity contribution in [2.24, 2.45) is 0 Å². The van der Waals surface area contributed by atoms with Gasteiger partial charge in [-0.15, -0.1) is 0 Å².